The van der Waals surface area contributed by atoms with Crippen LogP contribution >= 0.6 is 23.2 Å². The number of hydrogen-bond donors (Lipinski definition) is 1. The van der Waals surface area contributed by atoms with Crippen LogP contribution in [0.2, 0.25) is 10.0 Å². The van der Waals surface area contributed by atoms with Crippen molar-refractivity contribution in [1.29, 1.82) is 0 Å². The molecule has 0 atom stereocenters. The van der Waals surface area contributed by atoms with Gasteiger partial charge in [0, 0.05) is 21.3 Å². The molecule has 3 aromatic carbocycles. The van der Waals surface area contributed by atoms with Crippen LogP contribution in [-0.2, 0) is 9.59 Å². The maximum Gasteiger partial charge on any atom is 0.282 e. The quantitative estimate of drug-likeness (QED) is 0.467. The van der Waals surface area contributed by atoms with Gasteiger partial charge >= 0.3 is 0 Å². The molecule has 1 aliphatic heterocycles. The zero-order chi connectivity index (χ0) is 23.0. The van der Waals surface area contributed by atoms with Crippen LogP contribution in [0.3, 0.4) is 0 Å². The van der Waals surface area contributed by atoms with Crippen LogP contribution in [0, 0.1) is 13.8 Å². The highest BCUT2D eigenvalue weighted by molar-refractivity contribution is 6.46. The van der Waals surface area contributed by atoms with Crippen LogP contribution in [0.25, 0.3) is 5.57 Å². The van der Waals surface area contributed by atoms with Crippen molar-refractivity contribution in [3.05, 3.63) is 93.1 Å². The summed E-state index contributed by atoms with van der Waals surface area (Å²) < 4.78 is 5.48. The Hall–Kier alpha value is -3.28. The van der Waals surface area contributed by atoms with Gasteiger partial charge < -0.3 is 10.1 Å². The lowest BCUT2D eigenvalue weighted by atomic mass is 10.0. The van der Waals surface area contributed by atoms with E-state index in [4.69, 9.17) is 27.9 Å². The third-order valence-electron chi connectivity index (χ3n) is 5.31. The second kappa shape index (κ2) is 8.69. The molecule has 0 radical (unpaired) electrons. The number of amides is 2. The molecule has 5 nitrogen and oxygen atoms in total. The molecule has 1 N–H and O–H groups in total. The number of rotatable bonds is 5. The molecule has 0 saturated carbocycles. The number of para-hydroxylation sites is 1. The van der Waals surface area contributed by atoms with Crippen molar-refractivity contribution in [3.63, 3.8) is 0 Å². The van der Waals surface area contributed by atoms with Gasteiger partial charge in [0.15, 0.2) is 0 Å². The summed E-state index contributed by atoms with van der Waals surface area (Å²) in [6.07, 6.45) is 0. The van der Waals surface area contributed by atoms with Gasteiger partial charge in [-0.3, -0.25) is 9.59 Å². The van der Waals surface area contributed by atoms with Crippen LogP contribution in [0.4, 0.5) is 11.4 Å². The zero-order valence-corrected chi connectivity index (χ0v) is 19.2. The smallest absolute Gasteiger partial charge is 0.282 e. The summed E-state index contributed by atoms with van der Waals surface area (Å²) in [6.45, 7) is 3.68. The van der Waals surface area contributed by atoms with Crippen molar-refractivity contribution >= 4 is 52.0 Å². The Morgan fingerprint density at radius 3 is 2.16 bits per heavy atom. The molecule has 2 amide bonds. The number of nitrogens with one attached hydrogen (secondary N) is 1. The second-order valence-electron chi connectivity index (χ2n) is 7.41. The molecule has 7 heteroatoms. The fourth-order valence-electron chi connectivity index (χ4n) is 3.74. The Balaban J connectivity index is 1.89. The number of ether oxygens (including phenoxy) is 1. The van der Waals surface area contributed by atoms with Crippen molar-refractivity contribution in [2.45, 2.75) is 13.8 Å². The third kappa shape index (κ3) is 3.85. The van der Waals surface area contributed by atoms with Gasteiger partial charge in [0.1, 0.15) is 11.4 Å². The number of halogens is 2. The number of carbonyl (C=O) groups is 2. The molecule has 0 saturated heterocycles. The van der Waals surface area contributed by atoms with Crippen molar-refractivity contribution in [1.82, 2.24) is 0 Å². The summed E-state index contributed by atoms with van der Waals surface area (Å²) in [4.78, 5) is 28.4. The number of imide groups is 1. The Kier molecular flexibility index (Phi) is 5.96. The molecule has 0 aliphatic carbocycles. The fourth-order valence-corrected chi connectivity index (χ4v) is 4.19. The molecule has 0 unspecified atom stereocenters. The van der Waals surface area contributed by atoms with E-state index in [0.717, 1.165) is 5.56 Å². The standard InChI is InChI=1S/C25H20Cl2N2O3/c1-14-12-16(26)8-10-19(14)28-23-22(18-6-4-5-7-21(18)32-3)24(30)29(25(23)31)20-11-9-17(27)13-15(20)2/h4-13,28H,1-3H3. The van der Waals surface area contributed by atoms with Gasteiger partial charge in [0.2, 0.25) is 0 Å². The highest BCUT2D eigenvalue weighted by Crippen LogP contribution is 2.39. The van der Waals surface area contributed by atoms with Gasteiger partial charge in [-0.2, -0.15) is 0 Å². The van der Waals surface area contributed by atoms with Crippen molar-refractivity contribution in [3.8, 4) is 5.75 Å². The zero-order valence-electron chi connectivity index (χ0n) is 17.7. The topological polar surface area (TPSA) is 58.6 Å². The fraction of sp³-hybridized carbons (Fsp3) is 0.120. The number of carbonyl (C=O) groups excluding carboxylic acids is 2. The van der Waals surface area contributed by atoms with Crippen molar-refractivity contribution in [2.75, 3.05) is 17.3 Å². The van der Waals surface area contributed by atoms with E-state index in [1.807, 2.05) is 13.0 Å². The Bertz CT molecular complexity index is 1280. The summed E-state index contributed by atoms with van der Waals surface area (Å²) in [7, 11) is 1.53. The van der Waals surface area contributed by atoms with E-state index in [0.29, 0.717) is 38.3 Å². The summed E-state index contributed by atoms with van der Waals surface area (Å²) in [6, 6.07) is 17.4. The summed E-state index contributed by atoms with van der Waals surface area (Å²) >= 11 is 12.2. The van der Waals surface area contributed by atoms with Gasteiger partial charge in [-0.05, 0) is 67.4 Å². The summed E-state index contributed by atoms with van der Waals surface area (Å²) in [5, 5.41) is 4.28. The molecular weight excluding hydrogens is 447 g/mol. The molecule has 0 bridgehead atoms. The number of hydrogen-bond acceptors (Lipinski definition) is 4. The molecule has 0 fully saturated rings. The van der Waals surface area contributed by atoms with Crippen molar-refractivity contribution < 1.29 is 14.3 Å². The average Bonchev–Trinajstić information content (AvgIpc) is 2.99. The first-order chi connectivity index (χ1) is 15.3. The Labute approximate surface area is 196 Å². The molecule has 3 aromatic rings. The number of aryl methyl sites for hydroxylation is 2. The molecule has 1 aliphatic rings. The largest absolute Gasteiger partial charge is 0.496 e. The SMILES string of the molecule is COc1ccccc1C1=C(Nc2ccc(Cl)cc2C)C(=O)N(c2ccc(Cl)cc2C)C1=O. The number of benzene rings is 3. The first-order valence-electron chi connectivity index (χ1n) is 9.87. The molecule has 162 valence electrons. The first-order valence-corrected chi connectivity index (χ1v) is 10.6. The Morgan fingerprint density at radius 1 is 0.844 bits per heavy atom. The lowest BCUT2D eigenvalue weighted by Crippen LogP contribution is -2.33. The van der Waals surface area contributed by atoms with Gasteiger partial charge in [0.25, 0.3) is 11.8 Å². The monoisotopic (exact) mass is 466 g/mol. The molecular formula is C25H20Cl2N2O3. The predicted octanol–water partition coefficient (Wildman–Crippen LogP) is 6.02. The normalized spacial score (nSPS) is 13.7. The third-order valence-corrected chi connectivity index (χ3v) is 5.78. The average molecular weight is 467 g/mol. The number of methoxy groups -OCH3 is 1. The number of nitrogens with zero attached hydrogens (tertiary/aromatic N) is 1. The lowest BCUT2D eigenvalue weighted by molar-refractivity contribution is -0.120. The van der Waals surface area contributed by atoms with Gasteiger partial charge in [-0.25, -0.2) is 4.90 Å². The van der Waals surface area contributed by atoms with E-state index in [9.17, 15) is 9.59 Å². The minimum atomic E-state index is -0.462. The van der Waals surface area contributed by atoms with Crippen molar-refractivity contribution in [2.24, 2.45) is 0 Å². The lowest BCUT2D eigenvalue weighted by Gasteiger charge is -2.18. The van der Waals surface area contributed by atoms with Gasteiger partial charge in [0.05, 0.1) is 18.4 Å². The van der Waals surface area contributed by atoms with Crippen LogP contribution in [0.1, 0.15) is 16.7 Å². The summed E-state index contributed by atoms with van der Waals surface area (Å²) in [5.74, 6) is -0.417. The van der Waals surface area contributed by atoms with Crippen LogP contribution in [0.5, 0.6) is 5.75 Å². The molecule has 4 rings (SSSR count). The summed E-state index contributed by atoms with van der Waals surface area (Å²) in [5.41, 5.74) is 3.62. The highest BCUT2D eigenvalue weighted by atomic mass is 35.5. The van der Waals surface area contributed by atoms with Crippen LogP contribution in [-0.4, -0.2) is 18.9 Å². The molecule has 1 heterocycles. The highest BCUT2D eigenvalue weighted by Gasteiger charge is 2.41. The predicted molar refractivity (Wildman–Crippen MR) is 128 cm³/mol. The van der Waals surface area contributed by atoms with Crippen LogP contribution < -0.4 is 15.0 Å². The van der Waals surface area contributed by atoms with E-state index in [2.05, 4.69) is 5.32 Å². The second-order valence-corrected chi connectivity index (χ2v) is 8.28. The minimum Gasteiger partial charge on any atom is -0.496 e. The Morgan fingerprint density at radius 2 is 1.50 bits per heavy atom. The van der Waals surface area contributed by atoms with E-state index in [-0.39, 0.29) is 11.3 Å². The van der Waals surface area contributed by atoms with E-state index in [1.54, 1.807) is 61.5 Å². The first kappa shape index (κ1) is 21.9. The molecule has 0 spiro atoms. The van der Waals surface area contributed by atoms with E-state index >= 15 is 0 Å². The van der Waals surface area contributed by atoms with E-state index in [1.165, 1.54) is 12.0 Å². The maximum atomic E-state index is 13.7. The van der Waals surface area contributed by atoms with E-state index < -0.39 is 11.8 Å². The molecule has 0 aromatic heterocycles. The van der Waals surface area contributed by atoms with Gasteiger partial charge in [-0.15, -0.1) is 0 Å². The van der Waals surface area contributed by atoms with Crippen LogP contribution in [0.15, 0.2) is 66.4 Å². The number of anilines is 2. The minimum absolute atomic E-state index is 0.166. The van der Waals surface area contributed by atoms with Gasteiger partial charge in [-0.1, -0.05) is 41.4 Å². The molecule has 32 heavy (non-hydrogen) atoms. The maximum absolute atomic E-state index is 13.7.